The van der Waals surface area contributed by atoms with E-state index < -0.39 is 0 Å². The first-order valence-corrected chi connectivity index (χ1v) is 10.7. The molecule has 1 aliphatic heterocycles. The quantitative estimate of drug-likeness (QED) is 0.350. The Bertz CT molecular complexity index is 69.3. The van der Waals surface area contributed by atoms with Crippen LogP contribution >= 0.6 is 31.2 Å². The maximum Gasteiger partial charge on any atom is 0.122 e. The van der Waals surface area contributed by atoms with Crippen LogP contribution in [0.25, 0.3) is 0 Å². The monoisotopic (exact) mass is 258 g/mol. The Morgan fingerprint density at radius 2 is 2.29 bits per heavy atom. The van der Waals surface area contributed by atoms with Crippen molar-refractivity contribution >= 4 is 47.4 Å². The molecule has 0 aromatic rings. The summed E-state index contributed by atoms with van der Waals surface area (Å²) < 4.78 is 1.01. The highest BCUT2D eigenvalue weighted by atomic mass is 79.9. The summed E-state index contributed by atoms with van der Waals surface area (Å²) in [6.07, 6.45) is 0. The van der Waals surface area contributed by atoms with Crippen LogP contribution in [0.15, 0.2) is 0 Å². The number of hydrogen-bond donors (Lipinski definition) is 0. The molecule has 7 heavy (non-hydrogen) atoms. The van der Waals surface area contributed by atoms with Gasteiger partial charge < -0.3 is 0 Å². The lowest BCUT2D eigenvalue weighted by Crippen LogP contribution is -2.47. The highest BCUT2D eigenvalue weighted by Crippen LogP contribution is 2.29. The topological polar surface area (TPSA) is 0 Å². The number of rotatable bonds is 0. The Balaban J connectivity index is 2.29. The fourth-order valence-corrected chi connectivity index (χ4v) is 20.9. The van der Waals surface area contributed by atoms with Crippen molar-refractivity contribution in [1.29, 1.82) is 0 Å². The third kappa shape index (κ3) is 1.20. The van der Waals surface area contributed by atoms with E-state index in [2.05, 4.69) is 37.8 Å². The van der Waals surface area contributed by atoms with Crippen LogP contribution in [0.4, 0.5) is 0 Å². The summed E-state index contributed by atoms with van der Waals surface area (Å²) in [6, 6.07) is 0. The van der Waals surface area contributed by atoms with Crippen molar-refractivity contribution in [3.8, 4) is 0 Å². The zero-order chi connectivity index (χ0) is 5.44. The zero-order valence-corrected chi connectivity index (χ0v) is 9.68. The molecule has 0 saturated carbocycles. The molecule has 42 valence electrons. The van der Waals surface area contributed by atoms with Crippen molar-refractivity contribution in [2.24, 2.45) is 0 Å². The van der Waals surface area contributed by atoms with Gasteiger partial charge >= 0.3 is 0 Å². The van der Waals surface area contributed by atoms with Gasteiger partial charge in [0, 0.05) is 12.9 Å². The van der Waals surface area contributed by atoms with E-state index in [1.54, 1.807) is 5.67 Å². The predicted molar refractivity (Wildman–Crippen MR) is 46.6 cm³/mol. The van der Waals surface area contributed by atoms with E-state index in [0.29, 0.717) is 0 Å². The zero-order valence-electron chi connectivity index (χ0n) is 4.20. The molecule has 1 fully saturated rings. The van der Waals surface area contributed by atoms with Gasteiger partial charge in [-0.3, -0.25) is 0 Å². The molecule has 1 saturated heterocycles. The van der Waals surface area contributed by atoms with Crippen LogP contribution in [-0.2, 0) is 0 Å². The third-order valence-electron chi connectivity index (χ3n) is 1.49. The maximum absolute atomic E-state index is 3.69. The minimum Gasteiger partial charge on any atom is -0.130 e. The molecule has 1 heterocycles. The molecule has 0 N–H and O–H groups in total. The van der Waals surface area contributed by atoms with Crippen LogP contribution in [0.3, 0.4) is 0 Å². The molecular formula is C3H8Br2Si2. The summed E-state index contributed by atoms with van der Waals surface area (Å²) in [4.78, 5) is 0. The highest BCUT2D eigenvalue weighted by molar-refractivity contribution is 9.26. The first kappa shape index (κ1) is 6.51. The van der Waals surface area contributed by atoms with Gasteiger partial charge in [0.2, 0.25) is 0 Å². The van der Waals surface area contributed by atoms with Gasteiger partial charge in [0.15, 0.2) is 0 Å². The maximum atomic E-state index is 3.69. The van der Waals surface area contributed by atoms with E-state index in [0.717, 1.165) is 4.07 Å². The van der Waals surface area contributed by atoms with Gasteiger partial charge in [-0.15, -0.1) is 15.3 Å². The molecule has 0 bridgehead atoms. The summed E-state index contributed by atoms with van der Waals surface area (Å²) >= 11 is 7.36. The van der Waals surface area contributed by atoms with E-state index in [-0.39, 0.29) is 16.2 Å². The van der Waals surface area contributed by atoms with Crippen LogP contribution in [-0.4, -0.2) is 20.3 Å². The van der Waals surface area contributed by atoms with E-state index in [1.807, 2.05) is 0 Å². The summed E-state index contributed by atoms with van der Waals surface area (Å²) in [5.41, 5.74) is 1.61. The minimum atomic E-state index is -0.330. The number of halogens is 2. The van der Waals surface area contributed by atoms with Gasteiger partial charge in [-0.2, -0.15) is 0 Å². The summed E-state index contributed by atoms with van der Waals surface area (Å²) in [7, 11) is -0.520. The lowest BCUT2D eigenvalue weighted by molar-refractivity contribution is 1.55. The first-order valence-electron chi connectivity index (χ1n) is 2.50. The lowest BCUT2D eigenvalue weighted by atomic mass is 11.7. The van der Waals surface area contributed by atoms with E-state index in [9.17, 15) is 0 Å². The lowest BCUT2D eigenvalue weighted by Gasteiger charge is -2.32. The molecule has 0 nitrogen and oxygen atoms in total. The van der Waals surface area contributed by atoms with Crippen molar-refractivity contribution < 1.29 is 0 Å². The van der Waals surface area contributed by atoms with Gasteiger partial charge in [0.25, 0.3) is 0 Å². The highest BCUT2D eigenvalue weighted by Gasteiger charge is 2.36. The molecule has 0 radical (unpaired) electrons. The predicted octanol–water partition coefficient (Wildman–Crippen LogP) is 1.36. The Morgan fingerprint density at radius 3 is 2.29 bits per heavy atom. The number of hydrogen-bond acceptors (Lipinski definition) is 0. The van der Waals surface area contributed by atoms with Crippen LogP contribution in [0.2, 0.25) is 12.2 Å². The molecule has 3 unspecified atom stereocenters. The Labute approximate surface area is 63.6 Å². The second kappa shape index (κ2) is 2.33. The molecule has 1 aliphatic rings. The second-order valence-electron chi connectivity index (χ2n) is 2.17. The van der Waals surface area contributed by atoms with Crippen LogP contribution in [0.5, 0.6) is 0 Å². The fourth-order valence-electron chi connectivity index (χ4n) is 0.776. The van der Waals surface area contributed by atoms with Gasteiger partial charge in [-0.1, -0.05) is 28.1 Å². The van der Waals surface area contributed by atoms with E-state index >= 15 is 0 Å². The summed E-state index contributed by atoms with van der Waals surface area (Å²) in [6.45, 7) is 2.43. The van der Waals surface area contributed by atoms with Crippen LogP contribution < -0.4 is 0 Å². The van der Waals surface area contributed by atoms with Gasteiger partial charge in [0.05, 0.1) is 0 Å². The largest absolute Gasteiger partial charge is 0.130 e. The third-order valence-corrected chi connectivity index (χ3v) is 24.9. The molecule has 0 aromatic carbocycles. The molecule has 0 aromatic heterocycles. The summed E-state index contributed by atoms with van der Waals surface area (Å²) in [5, 5.41) is 0. The van der Waals surface area contributed by atoms with Gasteiger partial charge in [-0.25, -0.2) is 0 Å². The SMILES string of the molecule is C[SiH]1C[SiH](Br)C1Br. The average molecular weight is 260 g/mol. The molecule has 3 atom stereocenters. The van der Waals surface area contributed by atoms with Crippen LogP contribution in [0, 0.1) is 0 Å². The fraction of sp³-hybridized carbons (Fsp3) is 1.00. The minimum absolute atomic E-state index is 0.190. The van der Waals surface area contributed by atoms with Gasteiger partial charge in [-0.05, 0) is 0 Å². The second-order valence-corrected chi connectivity index (χ2v) is 15.8. The normalized spacial score (nSPS) is 51.0. The molecule has 0 amide bonds. The first-order chi connectivity index (χ1) is 3.22. The van der Waals surface area contributed by atoms with Crippen LogP contribution in [0.1, 0.15) is 0 Å². The van der Waals surface area contributed by atoms with Gasteiger partial charge in [0.1, 0.15) is 7.42 Å². The van der Waals surface area contributed by atoms with Crippen molar-refractivity contribution in [2.45, 2.75) is 16.3 Å². The van der Waals surface area contributed by atoms with Crippen molar-refractivity contribution in [3.63, 3.8) is 0 Å². The summed E-state index contributed by atoms with van der Waals surface area (Å²) in [5.74, 6) is 0. The smallest absolute Gasteiger partial charge is 0.122 e. The molecule has 0 spiro atoms. The van der Waals surface area contributed by atoms with E-state index in [1.165, 1.54) is 0 Å². The Hall–Kier alpha value is 1.39. The van der Waals surface area contributed by atoms with Crippen molar-refractivity contribution in [2.75, 3.05) is 0 Å². The Morgan fingerprint density at radius 1 is 1.71 bits per heavy atom. The molecule has 4 heteroatoms. The van der Waals surface area contributed by atoms with E-state index in [4.69, 9.17) is 0 Å². The Kier molecular flexibility index (Phi) is 2.17. The standard InChI is InChI=1S/C3H8Br2Si2/c1-6-2-7(5)3(6)4/h3,6-7H,2H2,1H3. The molecule has 1 rings (SSSR count). The van der Waals surface area contributed by atoms with Crippen molar-refractivity contribution in [1.82, 2.24) is 0 Å². The average Bonchev–Trinajstić information content (AvgIpc) is 1.68. The molecular weight excluding hydrogens is 252 g/mol. The van der Waals surface area contributed by atoms with Crippen molar-refractivity contribution in [3.05, 3.63) is 0 Å². The number of alkyl halides is 1. The molecule has 0 aliphatic carbocycles.